The van der Waals surface area contributed by atoms with Crippen molar-refractivity contribution < 1.29 is 4.79 Å². The van der Waals surface area contributed by atoms with E-state index >= 15 is 0 Å². The minimum atomic E-state index is 0.108. The van der Waals surface area contributed by atoms with Crippen LogP contribution in [0.15, 0.2) is 0 Å². The normalized spacial score (nSPS) is 28.8. The molecule has 2 atom stereocenters. The van der Waals surface area contributed by atoms with Crippen molar-refractivity contribution in [2.24, 2.45) is 11.8 Å². The van der Waals surface area contributed by atoms with Crippen molar-refractivity contribution >= 4 is 5.91 Å². The molecule has 2 rings (SSSR count). The van der Waals surface area contributed by atoms with Crippen LogP contribution in [0.1, 0.15) is 54.4 Å². The van der Waals surface area contributed by atoms with Gasteiger partial charge in [0.1, 0.15) is 0 Å². The van der Waals surface area contributed by atoms with Gasteiger partial charge in [-0.1, -0.05) is 13.8 Å². The summed E-state index contributed by atoms with van der Waals surface area (Å²) in [6.07, 6.45) is 2.65. The number of piperidine rings is 1. The molecule has 2 saturated heterocycles. The Balaban J connectivity index is 1.85. The van der Waals surface area contributed by atoms with Crippen LogP contribution >= 0.6 is 0 Å². The molecule has 0 aliphatic carbocycles. The zero-order chi connectivity index (χ0) is 17.1. The second-order valence-electron chi connectivity index (χ2n) is 8.37. The van der Waals surface area contributed by atoms with Crippen molar-refractivity contribution in [1.82, 2.24) is 14.7 Å². The van der Waals surface area contributed by atoms with Crippen LogP contribution in [-0.2, 0) is 4.79 Å². The van der Waals surface area contributed by atoms with Gasteiger partial charge in [0.25, 0.3) is 0 Å². The molecule has 0 aromatic heterocycles. The van der Waals surface area contributed by atoms with Gasteiger partial charge in [0, 0.05) is 43.7 Å². The molecule has 0 N–H and O–H groups in total. The molecular formula is C19H37N3O. The van der Waals surface area contributed by atoms with E-state index in [9.17, 15) is 4.79 Å². The van der Waals surface area contributed by atoms with Gasteiger partial charge in [-0.15, -0.1) is 0 Å². The third-order valence-electron chi connectivity index (χ3n) is 5.76. The molecule has 2 fully saturated rings. The van der Waals surface area contributed by atoms with Crippen LogP contribution in [0.4, 0.5) is 0 Å². The Kier molecular flexibility index (Phi) is 6.49. The lowest BCUT2D eigenvalue weighted by molar-refractivity contribution is -0.140. The third-order valence-corrected chi connectivity index (χ3v) is 5.76. The summed E-state index contributed by atoms with van der Waals surface area (Å²) >= 11 is 0. The highest BCUT2D eigenvalue weighted by atomic mass is 16.2. The molecule has 0 spiro atoms. The minimum absolute atomic E-state index is 0.108. The fourth-order valence-electron chi connectivity index (χ4n) is 4.07. The molecule has 0 bridgehead atoms. The fourth-order valence-corrected chi connectivity index (χ4v) is 4.07. The monoisotopic (exact) mass is 323 g/mol. The van der Waals surface area contributed by atoms with E-state index < -0.39 is 0 Å². The molecule has 2 aliphatic rings. The fraction of sp³-hybridized carbons (Fsp3) is 0.947. The minimum Gasteiger partial charge on any atom is -0.337 e. The first-order valence-electron chi connectivity index (χ1n) is 9.58. The number of amides is 1. The van der Waals surface area contributed by atoms with Gasteiger partial charge >= 0.3 is 0 Å². The molecule has 4 nitrogen and oxygen atoms in total. The SMILES string of the molecule is CC(C)C(=O)N1C[C@@H](C)N(CC2CCN(C(C)C)CC2)C[C@@H]1C. The average molecular weight is 324 g/mol. The second-order valence-corrected chi connectivity index (χ2v) is 8.37. The predicted molar refractivity (Wildman–Crippen MR) is 96.5 cm³/mol. The Bertz CT molecular complexity index is 388. The average Bonchev–Trinajstić information content (AvgIpc) is 2.50. The first-order valence-corrected chi connectivity index (χ1v) is 9.58. The number of rotatable bonds is 4. The smallest absolute Gasteiger partial charge is 0.225 e. The van der Waals surface area contributed by atoms with E-state index in [-0.39, 0.29) is 5.92 Å². The molecule has 4 heteroatoms. The van der Waals surface area contributed by atoms with Crippen LogP contribution in [0.3, 0.4) is 0 Å². The van der Waals surface area contributed by atoms with Gasteiger partial charge in [-0.05, 0) is 59.5 Å². The van der Waals surface area contributed by atoms with E-state index in [0.29, 0.717) is 24.0 Å². The van der Waals surface area contributed by atoms with Gasteiger partial charge in [-0.25, -0.2) is 0 Å². The summed E-state index contributed by atoms with van der Waals surface area (Å²) in [5.41, 5.74) is 0. The lowest BCUT2D eigenvalue weighted by Crippen LogP contribution is -2.59. The molecule has 134 valence electrons. The maximum atomic E-state index is 12.4. The number of nitrogens with zero attached hydrogens (tertiary/aromatic N) is 3. The summed E-state index contributed by atoms with van der Waals surface area (Å²) in [4.78, 5) is 19.7. The van der Waals surface area contributed by atoms with Gasteiger partial charge in [-0.2, -0.15) is 0 Å². The van der Waals surface area contributed by atoms with Crippen molar-refractivity contribution in [2.45, 2.75) is 72.5 Å². The van der Waals surface area contributed by atoms with Crippen LogP contribution in [0.5, 0.6) is 0 Å². The Morgan fingerprint density at radius 2 is 1.61 bits per heavy atom. The number of likely N-dealkylation sites (tertiary alicyclic amines) is 1. The van der Waals surface area contributed by atoms with Crippen molar-refractivity contribution in [3.05, 3.63) is 0 Å². The largest absolute Gasteiger partial charge is 0.337 e. The number of hydrogen-bond acceptors (Lipinski definition) is 3. The van der Waals surface area contributed by atoms with E-state index in [0.717, 1.165) is 19.0 Å². The van der Waals surface area contributed by atoms with Crippen LogP contribution in [0.2, 0.25) is 0 Å². The van der Waals surface area contributed by atoms with Crippen LogP contribution < -0.4 is 0 Å². The van der Waals surface area contributed by atoms with Crippen molar-refractivity contribution in [3.8, 4) is 0 Å². The first kappa shape index (κ1) is 18.7. The molecule has 23 heavy (non-hydrogen) atoms. The van der Waals surface area contributed by atoms with E-state index in [2.05, 4.69) is 42.4 Å². The van der Waals surface area contributed by atoms with Gasteiger partial charge in [0.05, 0.1) is 0 Å². The Hall–Kier alpha value is -0.610. The van der Waals surface area contributed by atoms with Crippen molar-refractivity contribution in [3.63, 3.8) is 0 Å². The summed E-state index contributed by atoms with van der Waals surface area (Å²) in [7, 11) is 0. The summed E-state index contributed by atoms with van der Waals surface area (Å²) in [6, 6.07) is 1.51. The molecule has 2 heterocycles. The number of carbonyl (C=O) groups excluding carboxylic acids is 1. The maximum Gasteiger partial charge on any atom is 0.225 e. The lowest BCUT2D eigenvalue weighted by Gasteiger charge is -2.46. The topological polar surface area (TPSA) is 26.8 Å². The van der Waals surface area contributed by atoms with Gasteiger partial charge in [0.15, 0.2) is 0 Å². The molecule has 2 aliphatic heterocycles. The van der Waals surface area contributed by atoms with E-state index in [1.54, 1.807) is 0 Å². The third kappa shape index (κ3) is 4.69. The van der Waals surface area contributed by atoms with Gasteiger partial charge in [-0.3, -0.25) is 9.69 Å². The standard InChI is InChI=1S/C19H37N3O/c1-14(2)19(23)22-12-16(5)21(11-17(22)6)13-18-7-9-20(10-8-18)15(3)4/h14-18H,7-13H2,1-6H3/t16-,17+/m1/s1. The maximum absolute atomic E-state index is 12.4. The molecule has 0 aromatic carbocycles. The quantitative estimate of drug-likeness (QED) is 0.796. The Labute approximate surface area is 143 Å². The van der Waals surface area contributed by atoms with Crippen molar-refractivity contribution in [1.29, 1.82) is 0 Å². The highest BCUT2D eigenvalue weighted by Gasteiger charge is 2.34. The van der Waals surface area contributed by atoms with Gasteiger partial charge < -0.3 is 9.80 Å². The molecular weight excluding hydrogens is 286 g/mol. The lowest BCUT2D eigenvalue weighted by atomic mass is 9.94. The summed E-state index contributed by atoms with van der Waals surface area (Å²) < 4.78 is 0. The Morgan fingerprint density at radius 1 is 1.00 bits per heavy atom. The van der Waals surface area contributed by atoms with Crippen LogP contribution in [0, 0.1) is 11.8 Å². The van der Waals surface area contributed by atoms with Gasteiger partial charge in [0.2, 0.25) is 5.91 Å². The highest BCUT2D eigenvalue weighted by molar-refractivity contribution is 5.78. The second kappa shape index (κ2) is 7.98. The zero-order valence-electron chi connectivity index (χ0n) is 16.1. The summed E-state index contributed by atoms with van der Waals surface area (Å²) in [6.45, 7) is 18.7. The molecule has 0 radical (unpaired) electrons. The molecule has 1 amide bonds. The van der Waals surface area contributed by atoms with Crippen LogP contribution in [0.25, 0.3) is 0 Å². The molecule has 0 saturated carbocycles. The zero-order valence-corrected chi connectivity index (χ0v) is 16.1. The Morgan fingerprint density at radius 3 is 2.13 bits per heavy atom. The van der Waals surface area contributed by atoms with E-state index in [4.69, 9.17) is 0 Å². The molecule has 0 aromatic rings. The van der Waals surface area contributed by atoms with E-state index in [1.807, 2.05) is 13.8 Å². The van der Waals surface area contributed by atoms with E-state index in [1.165, 1.54) is 32.5 Å². The molecule has 0 unspecified atom stereocenters. The summed E-state index contributed by atoms with van der Waals surface area (Å²) in [5, 5.41) is 0. The van der Waals surface area contributed by atoms with Crippen molar-refractivity contribution in [2.75, 3.05) is 32.7 Å². The summed E-state index contributed by atoms with van der Waals surface area (Å²) in [5.74, 6) is 1.25. The number of carbonyl (C=O) groups is 1. The number of hydrogen-bond donors (Lipinski definition) is 0. The van der Waals surface area contributed by atoms with Crippen LogP contribution in [-0.4, -0.2) is 71.5 Å². The predicted octanol–water partition coefficient (Wildman–Crippen LogP) is 2.68. The highest BCUT2D eigenvalue weighted by Crippen LogP contribution is 2.24. The number of piperazine rings is 1. The first-order chi connectivity index (χ1) is 10.8.